The first-order valence-corrected chi connectivity index (χ1v) is 9.37. The molecule has 0 bridgehead atoms. The van der Waals surface area contributed by atoms with E-state index in [9.17, 15) is 4.79 Å². The highest BCUT2D eigenvalue weighted by Crippen LogP contribution is 2.26. The van der Waals surface area contributed by atoms with E-state index in [-0.39, 0.29) is 5.91 Å². The van der Waals surface area contributed by atoms with Crippen molar-refractivity contribution in [2.75, 3.05) is 0 Å². The minimum absolute atomic E-state index is 0.184. The molecule has 3 aromatic heterocycles. The molecule has 2 aromatic carbocycles. The van der Waals surface area contributed by atoms with Gasteiger partial charge in [0.25, 0.3) is 5.91 Å². The SMILES string of the molecule is O=C(NCc1ccc(Cl)nc1)c1ccc2[nH]c(-c3n[nH]c4ccccc34)nc2c1. The fourth-order valence-electron chi connectivity index (χ4n) is 3.20. The molecule has 1 amide bonds. The number of nitrogens with one attached hydrogen (secondary N) is 3. The zero-order chi connectivity index (χ0) is 19.8. The lowest BCUT2D eigenvalue weighted by molar-refractivity contribution is 0.0951. The van der Waals surface area contributed by atoms with Crippen LogP contribution in [-0.4, -0.2) is 31.1 Å². The van der Waals surface area contributed by atoms with Gasteiger partial charge in [-0.25, -0.2) is 9.97 Å². The van der Waals surface area contributed by atoms with E-state index in [1.165, 1.54) is 0 Å². The lowest BCUT2D eigenvalue weighted by Crippen LogP contribution is -2.22. The van der Waals surface area contributed by atoms with Crippen molar-refractivity contribution in [3.8, 4) is 11.5 Å². The van der Waals surface area contributed by atoms with Crippen molar-refractivity contribution in [2.45, 2.75) is 6.54 Å². The van der Waals surface area contributed by atoms with Crippen LogP contribution in [0.5, 0.6) is 0 Å². The molecule has 0 fully saturated rings. The smallest absolute Gasteiger partial charge is 0.251 e. The molecule has 0 saturated carbocycles. The third-order valence-corrected chi connectivity index (χ3v) is 4.91. The lowest BCUT2D eigenvalue weighted by atomic mass is 10.2. The number of aromatic nitrogens is 5. The number of para-hydroxylation sites is 1. The van der Waals surface area contributed by atoms with Gasteiger partial charge in [0.15, 0.2) is 5.82 Å². The maximum Gasteiger partial charge on any atom is 0.251 e. The van der Waals surface area contributed by atoms with Crippen LogP contribution < -0.4 is 5.32 Å². The summed E-state index contributed by atoms with van der Waals surface area (Å²) in [5.41, 5.74) is 4.64. The van der Waals surface area contributed by atoms with E-state index in [0.29, 0.717) is 28.6 Å². The number of nitrogens with zero attached hydrogens (tertiary/aromatic N) is 3. The van der Waals surface area contributed by atoms with Gasteiger partial charge < -0.3 is 10.3 Å². The molecular weight excluding hydrogens is 388 g/mol. The molecule has 5 rings (SSSR count). The third-order valence-electron chi connectivity index (χ3n) is 4.68. The first-order chi connectivity index (χ1) is 14.2. The fourth-order valence-corrected chi connectivity index (χ4v) is 3.31. The number of halogens is 1. The van der Waals surface area contributed by atoms with Crippen molar-refractivity contribution in [1.82, 2.24) is 30.5 Å². The quantitative estimate of drug-likeness (QED) is 0.394. The van der Waals surface area contributed by atoms with Crippen molar-refractivity contribution >= 4 is 39.4 Å². The predicted molar refractivity (Wildman–Crippen MR) is 112 cm³/mol. The second-order valence-electron chi connectivity index (χ2n) is 6.61. The highest BCUT2D eigenvalue weighted by molar-refractivity contribution is 6.29. The summed E-state index contributed by atoms with van der Waals surface area (Å²) < 4.78 is 0. The van der Waals surface area contributed by atoms with E-state index >= 15 is 0 Å². The van der Waals surface area contributed by atoms with Gasteiger partial charge in [-0.1, -0.05) is 35.9 Å². The summed E-state index contributed by atoms with van der Waals surface area (Å²) in [4.78, 5) is 24.4. The summed E-state index contributed by atoms with van der Waals surface area (Å²) >= 11 is 5.78. The Labute approximate surface area is 170 Å². The molecule has 142 valence electrons. The number of aromatic amines is 2. The molecular formula is C21H15ClN6O. The normalized spacial score (nSPS) is 11.2. The molecule has 0 radical (unpaired) electrons. The molecule has 5 aromatic rings. The molecule has 0 aliphatic rings. The Morgan fingerprint density at radius 1 is 1.07 bits per heavy atom. The summed E-state index contributed by atoms with van der Waals surface area (Å²) in [5.74, 6) is 0.471. The Bertz CT molecular complexity index is 1340. The lowest BCUT2D eigenvalue weighted by Gasteiger charge is -2.05. The number of hydrogen-bond acceptors (Lipinski definition) is 4. The monoisotopic (exact) mass is 402 g/mol. The number of benzene rings is 2. The number of amides is 1. The number of rotatable bonds is 4. The van der Waals surface area contributed by atoms with E-state index in [1.807, 2.05) is 36.4 Å². The van der Waals surface area contributed by atoms with E-state index < -0.39 is 0 Å². The number of fused-ring (bicyclic) bond motifs is 2. The van der Waals surface area contributed by atoms with Crippen molar-refractivity contribution in [3.63, 3.8) is 0 Å². The van der Waals surface area contributed by atoms with E-state index in [2.05, 4.69) is 30.5 Å². The summed E-state index contributed by atoms with van der Waals surface area (Å²) in [6.07, 6.45) is 1.64. The molecule has 3 N–H and O–H groups in total. The van der Waals surface area contributed by atoms with Crippen LogP contribution in [0.2, 0.25) is 5.15 Å². The Balaban J connectivity index is 1.40. The van der Waals surface area contributed by atoms with Crippen molar-refractivity contribution in [2.24, 2.45) is 0 Å². The second kappa shape index (κ2) is 7.03. The molecule has 0 aliphatic heterocycles. The van der Waals surface area contributed by atoms with Gasteiger partial charge in [0.05, 0.1) is 16.6 Å². The number of hydrogen-bond donors (Lipinski definition) is 3. The zero-order valence-electron chi connectivity index (χ0n) is 15.1. The minimum atomic E-state index is -0.184. The average Bonchev–Trinajstić information content (AvgIpc) is 3.36. The van der Waals surface area contributed by atoms with Gasteiger partial charge in [-0.3, -0.25) is 9.89 Å². The van der Waals surface area contributed by atoms with Crippen LogP contribution in [0.3, 0.4) is 0 Å². The molecule has 8 heteroatoms. The first kappa shape index (κ1) is 17.4. The minimum Gasteiger partial charge on any atom is -0.348 e. The van der Waals surface area contributed by atoms with E-state index in [4.69, 9.17) is 11.6 Å². The van der Waals surface area contributed by atoms with Crippen LogP contribution in [0.15, 0.2) is 60.8 Å². The Morgan fingerprint density at radius 2 is 1.97 bits per heavy atom. The van der Waals surface area contributed by atoms with Crippen LogP contribution >= 0.6 is 11.6 Å². The van der Waals surface area contributed by atoms with E-state index in [0.717, 1.165) is 27.7 Å². The topological polar surface area (TPSA) is 99.4 Å². The largest absolute Gasteiger partial charge is 0.348 e. The maximum atomic E-state index is 12.5. The van der Waals surface area contributed by atoms with Gasteiger partial charge in [-0.2, -0.15) is 5.10 Å². The fraction of sp³-hybridized carbons (Fsp3) is 0.0476. The maximum absolute atomic E-state index is 12.5. The van der Waals surface area contributed by atoms with Gasteiger partial charge in [-0.15, -0.1) is 0 Å². The first-order valence-electron chi connectivity index (χ1n) is 8.99. The van der Waals surface area contributed by atoms with Gasteiger partial charge >= 0.3 is 0 Å². The van der Waals surface area contributed by atoms with Crippen molar-refractivity contribution in [3.05, 3.63) is 77.1 Å². The molecule has 29 heavy (non-hydrogen) atoms. The third kappa shape index (κ3) is 3.32. The highest BCUT2D eigenvalue weighted by Gasteiger charge is 2.14. The Kier molecular flexibility index (Phi) is 4.22. The van der Waals surface area contributed by atoms with E-state index in [1.54, 1.807) is 24.4 Å². The molecule has 0 saturated heterocycles. The van der Waals surface area contributed by atoms with Crippen molar-refractivity contribution in [1.29, 1.82) is 0 Å². The molecule has 0 unspecified atom stereocenters. The number of H-pyrrole nitrogens is 2. The summed E-state index contributed by atoms with van der Waals surface area (Å²) in [6, 6.07) is 16.8. The van der Waals surface area contributed by atoms with Gasteiger partial charge in [-0.05, 0) is 35.9 Å². The van der Waals surface area contributed by atoms with Crippen molar-refractivity contribution < 1.29 is 4.79 Å². The standard InChI is InChI=1S/C21H15ClN6O/c22-18-8-5-12(10-23-18)11-24-21(29)13-6-7-16-17(9-13)26-20(25-16)19-14-3-1-2-4-15(14)27-28-19/h1-10H,11H2,(H,24,29)(H,25,26)(H,27,28). The highest BCUT2D eigenvalue weighted by atomic mass is 35.5. The second-order valence-corrected chi connectivity index (χ2v) is 6.99. The van der Waals surface area contributed by atoms with Crippen LogP contribution in [0.4, 0.5) is 0 Å². The molecule has 3 heterocycles. The number of imidazole rings is 1. The average molecular weight is 403 g/mol. The molecule has 0 atom stereocenters. The number of carbonyl (C=O) groups is 1. The predicted octanol–water partition coefficient (Wildman–Crippen LogP) is 4.08. The van der Waals surface area contributed by atoms with Crippen LogP contribution in [0, 0.1) is 0 Å². The van der Waals surface area contributed by atoms with Crippen LogP contribution in [0.25, 0.3) is 33.5 Å². The number of carbonyl (C=O) groups excluding carboxylic acids is 1. The molecule has 0 aliphatic carbocycles. The van der Waals surface area contributed by atoms with Gasteiger partial charge in [0.2, 0.25) is 0 Å². The Hall–Kier alpha value is -3.71. The summed E-state index contributed by atoms with van der Waals surface area (Å²) in [5, 5.41) is 11.7. The molecule has 0 spiro atoms. The molecule has 7 nitrogen and oxygen atoms in total. The van der Waals surface area contributed by atoms with Crippen LogP contribution in [-0.2, 0) is 6.54 Å². The van der Waals surface area contributed by atoms with Gasteiger partial charge in [0, 0.05) is 23.7 Å². The Morgan fingerprint density at radius 3 is 2.83 bits per heavy atom. The van der Waals surface area contributed by atoms with Gasteiger partial charge in [0.1, 0.15) is 10.8 Å². The summed E-state index contributed by atoms with van der Waals surface area (Å²) in [6.45, 7) is 0.367. The number of pyridine rings is 1. The zero-order valence-corrected chi connectivity index (χ0v) is 15.9. The summed E-state index contributed by atoms with van der Waals surface area (Å²) in [7, 11) is 0. The van der Waals surface area contributed by atoms with Crippen LogP contribution in [0.1, 0.15) is 15.9 Å².